The van der Waals surface area contributed by atoms with Gasteiger partial charge in [0.25, 0.3) is 0 Å². The van der Waals surface area contributed by atoms with E-state index in [0.29, 0.717) is 13.0 Å². The fourth-order valence-corrected chi connectivity index (χ4v) is 1.68. The van der Waals surface area contributed by atoms with Gasteiger partial charge < -0.3 is 15.5 Å². The van der Waals surface area contributed by atoms with Crippen LogP contribution in [0.1, 0.15) is 12.8 Å². The molecular weight excluding hydrogens is 226 g/mol. The maximum atomic E-state index is 11.7. The quantitative estimate of drug-likeness (QED) is 0.793. The number of para-hydroxylation sites is 1. The summed E-state index contributed by atoms with van der Waals surface area (Å²) in [5, 5.41) is 0. The van der Waals surface area contributed by atoms with E-state index in [1.807, 2.05) is 32.3 Å². The zero-order valence-electron chi connectivity index (χ0n) is 11.3. The van der Waals surface area contributed by atoms with E-state index < -0.39 is 0 Å². The number of benzene rings is 1. The summed E-state index contributed by atoms with van der Waals surface area (Å²) in [6.45, 7) is 2.13. The highest BCUT2D eigenvalue weighted by atomic mass is 16.2. The number of likely N-dealkylation sites (N-methyl/N-ethyl adjacent to an activating group) is 2. The fraction of sp³-hybridized carbons (Fsp3) is 0.500. The molecule has 4 nitrogen and oxygen atoms in total. The highest BCUT2D eigenvalue weighted by Gasteiger charge is 2.08. The number of rotatable bonds is 7. The van der Waals surface area contributed by atoms with E-state index >= 15 is 0 Å². The van der Waals surface area contributed by atoms with Gasteiger partial charge in [-0.25, -0.2) is 0 Å². The predicted octanol–water partition coefficient (Wildman–Crippen LogP) is 1.32. The van der Waals surface area contributed by atoms with Gasteiger partial charge >= 0.3 is 0 Å². The average molecular weight is 249 g/mol. The summed E-state index contributed by atoms with van der Waals surface area (Å²) in [5.74, 6) is 0.168. The number of carbonyl (C=O) groups excluding carboxylic acids is 1. The van der Waals surface area contributed by atoms with Crippen molar-refractivity contribution in [2.24, 2.45) is 5.73 Å². The number of nitrogens with two attached hydrogens (primary N) is 1. The molecule has 1 rings (SSSR count). The second-order valence-corrected chi connectivity index (χ2v) is 4.46. The highest BCUT2D eigenvalue weighted by Crippen LogP contribution is 2.10. The van der Waals surface area contributed by atoms with Crippen LogP contribution in [-0.4, -0.2) is 44.5 Å². The molecule has 0 saturated carbocycles. The van der Waals surface area contributed by atoms with Crippen LogP contribution in [0.2, 0.25) is 0 Å². The Balaban J connectivity index is 2.34. The molecule has 4 heteroatoms. The van der Waals surface area contributed by atoms with Crippen LogP contribution in [0.5, 0.6) is 0 Å². The van der Waals surface area contributed by atoms with Crippen LogP contribution in [0.15, 0.2) is 30.3 Å². The number of anilines is 1. The molecule has 0 saturated heterocycles. The summed E-state index contributed by atoms with van der Waals surface area (Å²) in [6.07, 6.45) is 1.31. The first-order chi connectivity index (χ1) is 8.65. The lowest BCUT2D eigenvalue weighted by molar-refractivity contribution is -0.129. The lowest BCUT2D eigenvalue weighted by atomic mass is 10.2. The van der Waals surface area contributed by atoms with E-state index in [1.54, 1.807) is 4.90 Å². The van der Waals surface area contributed by atoms with Crippen molar-refractivity contribution in [1.29, 1.82) is 0 Å². The average Bonchev–Trinajstić information content (AvgIpc) is 2.42. The lowest BCUT2D eigenvalue weighted by Crippen LogP contribution is -2.34. The molecule has 0 aliphatic carbocycles. The van der Waals surface area contributed by atoms with Crippen molar-refractivity contribution in [3.63, 3.8) is 0 Å². The summed E-state index contributed by atoms with van der Waals surface area (Å²) in [4.78, 5) is 15.6. The monoisotopic (exact) mass is 249 g/mol. The fourth-order valence-electron chi connectivity index (χ4n) is 1.68. The number of amides is 1. The number of hydrogen-bond donors (Lipinski definition) is 1. The second-order valence-electron chi connectivity index (χ2n) is 4.46. The van der Waals surface area contributed by atoms with E-state index in [1.165, 1.54) is 5.69 Å². The second kappa shape index (κ2) is 7.71. The molecule has 1 amide bonds. The molecular formula is C14H23N3O. The first kappa shape index (κ1) is 14.5. The third-order valence-electron chi connectivity index (χ3n) is 2.99. The van der Waals surface area contributed by atoms with Crippen molar-refractivity contribution in [2.75, 3.05) is 38.6 Å². The topological polar surface area (TPSA) is 49.6 Å². The molecule has 0 heterocycles. The normalized spacial score (nSPS) is 10.2. The maximum Gasteiger partial charge on any atom is 0.222 e. The summed E-state index contributed by atoms with van der Waals surface area (Å²) in [7, 11) is 3.88. The van der Waals surface area contributed by atoms with Crippen molar-refractivity contribution in [1.82, 2.24) is 4.90 Å². The molecule has 0 spiro atoms. The Morgan fingerprint density at radius 2 is 1.83 bits per heavy atom. The van der Waals surface area contributed by atoms with Crippen LogP contribution >= 0.6 is 0 Å². The molecule has 0 aromatic heterocycles. The van der Waals surface area contributed by atoms with E-state index in [9.17, 15) is 4.79 Å². The van der Waals surface area contributed by atoms with Crippen molar-refractivity contribution in [3.05, 3.63) is 30.3 Å². The number of carbonyl (C=O) groups is 1. The number of nitrogens with zero attached hydrogens (tertiary/aromatic N) is 2. The lowest BCUT2D eigenvalue weighted by Gasteiger charge is -2.23. The largest absolute Gasteiger partial charge is 0.373 e. The Kier molecular flexibility index (Phi) is 6.22. The third kappa shape index (κ3) is 4.75. The van der Waals surface area contributed by atoms with E-state index in [4.69, 9.17) is 5.73 Å². The van der Waals surface area contributed by atoms with E-state index in [-0.39, 0.29) is 5.91 Å². The molecule has 0 aliphatic heterocycles. The zero-order chi connectivity index (χ0) is 13.4. The van der Waals surface area contributed by atoms with Crippen LogP contribution in [0.4, 0.5) is 5.69 Å². The van der Waals surface area contributed by atoms with Gasteiger partial charge in [0.15, 0.2) is 0 Å². The first-order valence-electron chi connectivity index (χ1n) is 6.35. The van der Waals surface area contributed by atoms with Gasteiger partial charge in [0.05, 0.1) is 0 Å². The molecule has 0 atom stereocenters. The first-order valence-corrected chi connectivity index (χ1v) is 6.35. The Bertz CT molecular complexity index is 353. The van der Waals surface area contributed by atoms with Crippen molar-refractivity contribution < 1.29 is 4.79 Å². The SMILES string of the molecule is CN(CCN(C)c1ccccc1)C(=O)CCCN. The Labute approximate surface area is 109 Å². The third-order valence-corrected chi connectivity index (χ3v) is 2.99. The van der Waals surface area contributed by atoms with E-state index in [0.717, 1.165) is 19.5 Å². The van der Waals surface area contributed by atoms with Crippen LogP contribution in [0.3, 0.4) is 0 Å². The standard InChI is InChI=1S/C14H23N3O/c1-16(13-7-4-3-5-8-13)11-12-17(2)14(18)9-6-10-15/h3-5,7-8H,6,9-12,15H2,1-2H3. The van der Waals surface area contributed by atoms with Gasteiger partial charge in [-0.05, 0) is 25.1 Å². The van der Waals surface area contributed by atoms with Crippen LogP contribution in [0, 0.1) is 0 Å². The summed E-state index contributed by atoms with van der Waals surface area (Å²) in [5.41, 5.74) is 6.56. The van der Waals surface area contributed by atoms with Crippen LogP contribution < -0.4 is 10.6 Å². The van der Waals surface area contributed by atoms with Gasteiger partial charge in [-0.3, -0.25) is 4.79 Å². The van der Waals surface area contributed by atoms with Gasteiger partial charge in [-0.2, -0.15) is 0 Å². The Hall–Kier alpha value is -1.55. The summed E-state index contributed by atoms with van der Waals surface area (Å²) in [6, 6.07) is 10.2. The van der Waals surface area contributed by atoms with Crippen LogP contribution in [-0.2, 0) is 4.79 Å². The molecule has 0 aliphatic rings. The van der Waals surface area contributed by atoms with Crippen molar-refractivity contribution in [2.45, 2.75) is 12.8 Å². The maximum absolute atomic E-state index is 11.7. The van der Waals surface area contributed by atoms with E-state index in [2.05, 4.69) is 17.0 Å². The minimum Gasteiger partial charge on any atom is -0.373 e. The number of hydrogen-bond acceptors (Lipinski definition) is 3. The minimum absolute atomic E-state index is 0.168. The van der Waals surface area contributed by atoms with Gasteiger partial charge in [0.2, 0.25) is 5.91 Å². The van der Waals surface area contributed by atoms with Gasteiger partial charge in [0, 0.05) is 39.3 Å². The Morgan fingerprint density at radius 3 is 2.44 bits per heavy atom. The molecule has 1 aromatic rings. The molecule has 100 valence electrons. The van der Waals surface area contributed by atoms with Crippen molar-refractivity contribution >= 4 is 11.6 Å². The van der Waals surface area contributed by atoms with Gasteiger partial charge in [-0.15, -0.1) is 0 Å². The molecule has 2 N–H and O–H groups in total. The van der Waals surface area contributed by atoms with Crippen molar-refractivity contribution in [3.8, 4) is 0 Å². The zero-order valence-corrected chi connectivity index (χ0v) is 11.3. The summed E-state index contributed by atoms with van der Waals surface area (Å²) >= 11 is 0. The molecule has 0 bridgehead atoms. The summed E-state index contributed by atoms with van der Waals surface area (Å²) < 4.78 is 0. The van der Waals surface area contributed by atoms with Gasteiger partial charge in [-0.1, -0.05) is 18.2 Å². The predicted molar refractivity (Wildman–Crippen MR) is 75.6 cm³/mol. The minimum atomic E-state index is 0.168. The molecule has 0 fully saturated rings. The van der Waals surface area contributed by atoms with Crippen LogP contribution in [0.25, 0.3) is 0 Å². The molecule has 0 radical (unpaired) electrons. The smallest absolute Gasteiger partial charge is 0.222 e. The van der Waals surface area contributed by atoms with Gasteiger partial charge in [0.1, 0.15) is 0 Å². The molecule has 1 aromatic carbocycles. The highest BCUT2D eigenvalue weighted by molar-refractivity contribution is 5.75. The molecule has 0 unspecified atom stereocenters. The molecule has 18 heavy (non-hydrogen) atoms. The Morgan fingerprint density at radius 1 is 1.17 bits per heavy atom.